The van der Waals surface area contributed by atoms with Crippen molar-refractivity contribution in [3.8, 4) is 11.8 Å². The van der Waals surface area contributed by atoms with Crippen molar-refractivity contribution in [3.05, 3.63) is 118 Å². The lowest BCUT2D eigenvalue weighted by Crippen LogP contribution is -2.61. The summed E-state index contributed by atoms with van der Waals surface area (Å²) in [5, 5.41) is 14.0. The van der Waals surface area contributed by atoms with Crippen LogP contribution in [0.2, 0.25) is 0 Å². The number of piperidine rings is 1. The summed E-state index contributed by atoms with van der Waals surface area (Å²) >= 11 is 0. The second-order valence-electron chi connectivity index (χ2n) is 21.9. The number of nitrogens with two attached hydrogens (primary N) is 1. The molecule has 84 heavy (non-hydrogen) atoms. The van der Waals surface area contributed by atoms with Gasteiger partial charge in [0.1, 0.15) is 30.2 Å². The maximum atomic E-state index is 14.6. The third kappa shape index (κ3) is 15.1. The molecule has 3 saturated heterocycles. The highest BCUT2D eigenvalue weighted by Gasteiger charge is 2.51. The molecule has 6 atom stereocenters. The average molecular weight is 1180 g/mol. The molecule has 1 unspecified atom stereocenters. The van der Waals surface area contributed by atoms with Gasteiger partial charge in [-0.25, -0.2) is 0 Å². The van der Waals surface area contributed by atoms with Gasteiger partial charge < -0.3 is 51.5 Å². The Morgan fingerprint density at radius 2 is 1.56 bits per heavy atom. The lowest BCUT2D eigenvalue weighted by Gasteiger charge is -2.38. The lowest BCUT2D eigenvalue weighted by atomic mass is 10.0. The fourth-order valence-corrected chi connectivity index (χ4v) is 11.8. The number of hydrogen-bond acceptors (Lipinski definition) is 11. The summed E-state index contributed by atoms with van der Waals surface area (Å²) in [5.74, 6) is 1.36. The van der Waals surface area contributed by atoms with Crippen LogP contribution < -0.4 is 32.3 Å². The van der Waals surface area contributed by atoms with E-state index in [9.17, 15) is 66.3 Å². The number of halogens is 2. The lowest BCUT2D eigenvalue weighted by molar-refractivity contribution is -0.144. The maximum Gasteiger partial charge on any atom is 0.399 e. The smallest absolute Gasteiger partial charge is 0.370 e. The maximum absolute atomic E-state index is 14.6. The summed E-state index contributed by atoms with van der Waals surface area (Å²) in [6, 6.07) is 15.1. The fraction of sp³-hybridized carbons (Fsp3) is 0.450. The number of fused-ring (bicyclic) bond motifs is 3. The van der Waals surface area contributed by atoms with E-state index in [1.807, 2.05) is 11.0 Å². The number of likely N-dealkylation sites (N-methyl/N-ethyl adjacent to an activating group) is 1. The molecule has 0 radical (unpaired) electrons. The Balaban J connectivity index is 0.819. The van der Waals surface area contributed by atoms with E-state index < -0.39 is 96.4 Å². The van der Waals surface area contributed by atoms with Crippen molar-refractivity contribution in [3.63, 3.8) is 0 Å². The Labute approximate surface area is 484 Å². The first-order valence-electron chi connectivity index (χ1n) is 28.4. The van der Waals surface area contributed by atoms with Crippen molar-refractivity contribution in [1.82, 2.24) is 41.3 Å². The number of carbonyl (C=O) groups is 9. The molecular formula is C60H70F2N9O12P. The van der Waals surface area contributed by atoms with Crippen LogP contribution >= 0.6 is 7.60 Å². The van der Waals surface area contributed by atoms with Gasteiger partial charge in [0.2, 0.25) is 41.4 Å². The molecule has 0 aliphatic carbocycles. The first kappa shape index (κ1) is 62.2. The molecule has 4 aliphatic heterocycles. The molecule has 4 aromatic rings. The monoisotopic (exact) mass is 1180 g/mol. The molecule has 3 fully saturated rings. The van der Waals surface area contributed by atoms with Gasteiger partial charge in [-0.05, 0) is 111 Å². The molecule has 9 amide bonds. The van der Waals surface area contributed by atoms with Crippen molar-refractivity contribution >= 4 is 71.5 Å². The standard InChI is InChI=1S/C60H70F2N9O12P/c1-69-32-30-43-24-26-49(71(43)59(80)47(36-69)66-53(74)40-21-20-37-22-23-42(34-41(37)33-40)60(61,62)84(81,82)83)56(77)65-46(25-28-50(63)72)54(75)68-52(39-16-11-9-12-17-39)57(78)64-31-13-8-6-4-2-3-5-7-10-15-38-18-14-19-44-45(38)35-70(58(44)79)48-27-29-51(73)67-55(48)76/h9,11-12,14,16-23,33-34,43,46-49,52H,2-8,13,24-32,35-36H2,1H3,(H2,63,72)(H,64,78)(H,65,77)(H,66,74)(H,68,75)(H,67,73,76)(H2,81,82,83)/t43-,46+,47+,48?,49+,52+/m1/s1. The number of primary amides is 1. The zero-order chi connectivity index (χ0) is 60.3. The second kappa shape index (κ2) is 27.7. The zero-order valence-corrected chi connectivity index (χ0v) is 47.5. The molecule has 21 nitrogen and oxygen atoms in total. The Morgan fingerprint density at radius 3 is 2.29 bits per heavy atom. The summed E-state index contributed by atoms with van der Waals surface area (Å²) < 4.78 is 40.9. The minimum Gasteiger partial charge on any atom is -0.370 e. The van der Waals surface area contributed by atoms with Gasteiger partial charge in [-0.1, -0.05) is 98.5 Å². The van der Waals surface area contributed by atoms with Gasteiger partial charge in [0.25, 0.3) is 11.8 Å². The summed E-state index contributed by atoms with van der Waals surface area (Å²) in [4.78, 5) is 144. The van der Waals surface area contributed by atoms with E-state index in [0.717, 1.165) is 61.8 Å². The molecule has 4 aromatic carbocycles. The number of imide groups is 1. The first-order valence-corrected chi connectivity index (χ1v) is 30.0. The van der Waals surface area contributed by atoms with Crippen LogP contribution in [0.15, 0.2) is 84.9 Å². The average Bonchev–Trinajstić information content (AvgIpc) is 2.03. The van der Waals surface area contributed by atoms with Gasteiger partial charge in [0, 0.05) is 67.2 Å². The Morgan fingerprint density at radius 1 is 0.833 bits per heavy atom. The molecule has 4 heterocycles. The van der Waals surface area contributed by atoms with Crippen LogP contribution in [-0.4, -0.2) is 135 Å². The van der Waals surface area contributed by atoms with Crippen LogP contribution in [-0.2, 0) is 50.3 Å². The highest BCUT2D eigenvalue weighted by Crippen LogP contribution is 2.59. The van der Waals surface area contributed by atoms with Gasteiger partial charge in [-0.2, -0.15) is 8.78 Å². The molecule has 0 bridgehead atoms. The van der Waals surface area contributed by atoms with Crippen LogP contribution in [0, 0.1) is 11.8 Å². The largest absolute Gasteiger partial charge is 0.399 e. The van der Waals surface area contributed by atoms with Gasteiger partial charge in [-0.15, -0.1) is 0 Å². The summed E-state index contributed by atoms with van der Waals surface area (Å²) in [5.41, 5.74) is 2.57. The number of amides is 9. The van der Waals surface area contributed by atoms with Crippen molar-refractivity contribution in [1.29, 1.82) is 0 Å². The summed E-state index contributed by atoms with van der Waals surface area (Å²) in [6.07, 6.45) is 7.99. The predicted molar refractivity (Wildman–Crippen MR) is 304 cm³/mol. The summed E-state index contributed by atoms with van der Waals surface area (Å²) in [7, 11) is -4.12. The quantitative estimate of drug-likeness (QED) is 0.0220. The minimum absolute atomic E-state index is 0.0307. The molecule has 24 heteroatoms. The summed E-state index contributed by atoms with van der Waals surface area (Å²) in [6.45, 7) is 1.10. The third-order valence-corrected chi connectivity index (χ3v) is 16.9. The van der Waals surface area contributed by atoms with Crippen LogP contribution in [0.3, 0.4) is 0 Å². The number of nitrogens with one attached hydrogen (secondary N) is 5. The minimum atomic E-state index is -5.88. The molecule has 4 aliphatic rings. The zero-order valence-electron chi connectivity index (χ0n) is 46.6. The third-order valence-electron chi connectivity index (χ3n) is 15.9. The van der Waals surface area contributed by atoms with Gasteiger partial charge in [0.05, 0.1) is 0 Å². The van der Waals surface area contributed by atoms with Crippen molar-refractivity contribution < 1.29 is 66.3 Å². The van der Waals surface area contributed by atoms with E-state index in [1.54, 1.807) is 49.5 Å². The van der Waals surface area contributed by atoms with Crippen LogP contribution in [0.1, 0.15) is 145 Å². The Bertz CT molecular complexity index is 3300. The SMILES string of the molecule is CN1CC[C@H]2CC[C@@H](C(=O)N[C@@H](CCC(N)=O)C(=O)N[C@H](C(=O)NCCCCCCCCCC#Cc3cccc4c3CN(C3CCC(=O)NC3=O)C4=O)c3ccccc3)N2C(=O)[C@@H](NC(=O)c2ccc3ccc(C(F)(F)P(=O)(O)O)cc3c2)C1. The molecule has 0 aromatic heterocycles. The Kier molecular flexibility index (Phi) is 20.5. The number of benzene rings is 4. The highest BCUT2D eigenvalue weighted by molar-refractivity contribution is 7.52. The number of alkyl halides is 2. The number of unbranched alkanes of at least 4 members (excludes halogenated alkanes) is 7. The van der Waals surface area contributed by atoms with Gasteiger partial charge in [-0.3, -0.25) is 53.0 Å². The van der Waals surface area contributed by atoms with Crippen molar-refractivity contribution in [2.45, 2.75) is 145 Å². The van der Waals surface area contributed by atoms with Crippen molar-refractivity contribution in [2.24, 2.45) is 5.73 Å². The number of rotatable bonds is 23. The van der Waals surface area contributed by atoms with E-state index >= 15 is 0 Å². The van der Waals surface area contributed by atoms with E-state index in [0.29, 0.717) is 55.3 Å². The predicted octanol–water partition coefficient (Wildman–Crippen LogP) is 4.52. The number of carbonyl (C=O) groups excluding carboxylic acids is 9. The second-order valence-corrected chi connectivity index (χ2v) is 23.5. The molecular weight excluding hydrogens is 1110 g/mol. The topological polar surface area (TPSA) is 307 Å². The van der Waals surface area contributed by atoms with Crippen LogP contribution in [0.5, 0.6) is 0 Å². The first-order chi connectivity index (χ1) is 40.1. The van der Waals surface area contributed by atoms with Crippen LogP contribution in [0.4, 0.5) is 8.78 Å². The highest BCUT2D eigenvalue weighted by atomic mass is 31.2. The van der Waals surface area contributed by atoms with E-state index in [4.69, 9.17) is 5.73 Å². The molecule has 0 spiro atoms. The van der Waals surface area contributed by atoms with Gasteiger partial charge >= 0.3 is 13.3 Å². The molecule has 446 valence electrons. The van der Waals surface area contributed by atoms with Crippen molar-refractivity contribution in [2.75, 3.05) is 26.7 Å². The number of hydrogen-bond donors (Lipinski definition) is 8. The van der Waals surface area contributed by atoms with Gasteiger partial charge in [0.15, 0.2) is 0 Å². The van der Waals surface area contributed by atoms with E-state index in [2.05, 4.69) is 38.4 Å². The molecule has 9 N–H and O–H groups in total. The molecule has 0 saturated carbocycles. The molecule has 8 rings (SSSR count). The normalized spacial score (nSPS) is 19.9. The Hall–Kier alpha value is -7.90. The van der Waals surface area contributed by atoms with E-state index in [-0.39, 0.29) is 68.0 Å². The van der Waals surface area contributed by atoms with E-state index in [1.165, 1.54) is 34.1 Å². The fourth-order valence-electron chi connectivity index (χ4n) is 11.3. The van der Waals surface area contributed by atoms with Crippen LogP contribution in [0.25, 0.3) is 10.8 Å². The number of nitrogens with zero attached hydrogens (tertiary/aromatic N) is 3.